The van der Waals surface area contributed by atoms with Crippen LogP contribution in [0.5, 0.6) is 0 Å². The van der Waals surface area contributed by atoms with E-state index in [4.69, 9.17) is 0 Å². The predicted octanol–water partition coefficient (Wildman–Crippen LogP) is 4.19. The highest BCUT2D eigenvalue weighted by molar-refractivity contribution is 5.82. The van der Waals surface area contributed by atoms with Gasteiger partial charge in [0.25, 0.3) is 0 Å². The van der Waals surface area contributed by atoms with Crippen molar-refractivity contribution in [1.29, 1.82) is 0 Å². The monoisotopic (exact) mass is 398 g/mol. The van der Waals surface area contributed by atoms with Crippen molar-refractivity contribution >= 4 is 11.7 Å². The van der Waals surface area contributed by atoms with Crippen LogP contribution in [0.3, 0.4) is 0 Å². The highest BCUT2D eigenvalue weighted by atomic mass is 19.4. The van der Waals surface area contributed by atoms with Crippen LogP contribution in [0, 0.1) is 17.3 Å². The summed E-state index contributed by atoms with van der Waals surface area (Å²) in [5.41, 5.74) is 0.363. The normalized spacial score (nSPS) is 32.8. The standard InChI is InChI=1S/C20H29F3N4O/c1-11-7-13(11)18(28)26-6-5-12(10-26)14-8-17-24-15(19(2,3)4)9-16(20(21,22)23)27(17)25-14/h8,11-13,15-16,24H,5-7,9-10H2,1-4H3/t11-,12+,13+,15-,16-/m1/s1. The van der Waals surface area contributed by atoms with Crippen LogP contribution in [0.2, 0.25) is 0 Å². The van der Waals surface area contributed by atoms with Crippen LogP contribution in [-0.4, -0.2) is 45.9 Å². The van der Waals surface area contributed by atoms with E-state index in [0.717, 1.165) is 17.5 Å². The topological polar surface area (TPSA) is 50.2 Å². The van der Waals surface area contributed by atoms with Crippen LogP contribution in [0.4, 0.5) is 19.0 Å². The molecule has 3 aliphatic rings. The summed E-state index contributed by atoms with van der Waals surface area (Å²) >= 11 is 0. The Morgan fingerprint density at radius 1 is 1.25 bits per heavy atom. The summed E-state index contributed by atoms with van der Waals surface area (Å²) in [7, 11) is 0. The van der Waals surface area contributed by atoms with Gasteiger partial charge in [-0.05, 0) is 30.6 Å². The summed E-state index contributed by atoms with van der Waals surface area (Å²) in [4.78, 5) is 14.3. The Kier molecular flexibility index (Phi) is 4.47. The summed E-state index contributed by atoms with van der Waals surface area (Å²) in [5, 5.41) is 7.63. The van der Waals surface area contributed by atoms with Gasteiger partial charge in [0.15, 0.2) is 6.04 Å². The summed E-state index contributed by atoms with van der Waals surface area (Å²) in [6.07, 6.45) is -2.67. The van der Waals surface area contributed by atoms with Gasteiger partial charge in [-0.2, -0.15) is 18.3 Å². The fourth-order valence-electron chi connectivity index (χ4n) is 4.46. The third kappa shape index (κ3) is 3.50. The number of amides is 1. The van der Waals surface area contributed by atoms with Crippen LogP contribution in [0.15, 0.2) is 6.07 Å². The molecule has 5 nitrogen and oxygen atoms in total. The van der Waals surface area contributed by atoms with Gasteiger partial charge in [-0.15, -0.1) is 0 Å². The Bertz CT molecular complexity index is 766. The fourth-order valence-corrected chi connectivity index (χ4v) is 4.46. The van der Waals surface area contributed by atoms with Crippen molar-refractivity contribution in [3.8, 4) is 0 Å². The summed E-state index contributed by atoms with van der Waals surface area (Å²) in [6.45, 7) is 9.14. The zero-order chi connectivity index (χ0) is 20.4. The molecule has 0 unspecified atom stereocenters. The van der Waals surface area contributed by atoms with Crippen molar-refractivity contribution in [2.24, 2.45) is 17.3 Å². The SMILES string of the molecule is C[C@@H]1C[C@@H]1C(=O)N1CC[C@H](c2cc3n(n2)[C@@H](C(F)(F)F)C[C@H](C(C)(C)C)N3)C1. The number of carbonyl (C=O) groups is 1. The number of anilines is 1. The van der Waals surface area contributed by atoms with Gasteiger partial charge in [0.05, 0.1) is 5.69 Å². The van der Waals surface area contributed by atoms with Crippen molar-refractivity contribution in [1.82, 2.24) is 14.7 Å². The molecule has 1 amide bonds. The van der Waals surface area contributed by atoms with Crippen molar-refractivity contribution in [2.45, 2.75) is 71.1 Å². The number of alkyl halides is 3. The third-order valence-corrected chi connectivity index (χ3v) is 6.60. The molecule has 1 aromatic rings. The lowest BCUT2D eigenvalue weighted by Gasteiger charge is -2.39. The van der Waals surface area contributed by atoms with Gasteiger partial charge in [0.2, 0.25) is 5.91 Å². The van der Waals surface area contributed by atoms with Crippen LogP contribution in [0.25, 0.3) is 0 Å². The Balaban J connectivity index is 1.55. The van der Waals surface area contributed by atoms with E-state index in [1.807, 2.05) is 25.7 Å². The molecule has 1 aromatic heterocycles. The van der Waals surface area contributed by atoms with Crippen LogP contribution >= 0.6 is 0 Å². The average Bonchev–Trinajstić information content (AvgIpc) is 3.01. The highest BCUT2D eigenvalue weighted by Crippen LogP contribution is 2.45. The highest BCUT2D eigenvalue weighted by Gasteiger charge is 2.49. The zero-order valence-corrected chi connectivity index (χ0v) is 16.9. The molecule has 0 bridgehead atoms. The van der Waals surface area contributed by atoms with E-state index < -0.39 is 12.2 Å². The number of nitrogens with zero attached hydrogens (tertiary/aromatic N) is 3. The quantitative estimate of drug-likeness (QED) is 0.813. The minimum Gasteiger partial charge on any atom is -0.367 e. The molecule has 1 N–H and O–H groups in total. The van der Waals surface area contributed by atoms with E-state index in [1.165, 1.54) is 0 Å². The molecule has 5 atom stereocenters. The largest absolute Gasteiger partial charge is 0.410 e. The van der Waals surface area contributed by atoms with Gasteiger partial charge < -0.3 is 10.2 Å². The fraction of sp³-hybridized carbons (Fsp3) is 0.800. The summed E-state index contributed by atoms with van der Waals surface area (Å²) in [6, 6.07) is -0.142. The van der Waals surface area contributed by atoms with Gasteiger partial charge in [-0.1, -0.05) is 27.7 Å². The number of halogens is 3. The summed E-state index contributed by atoms with van der Waals surface area (Å²) in [5.74, 6) is 1.22. The van der Waals surface area contributed by atoms with Gasteiger partial charge in [-0.25, -0.2) is 4.68 Å². The van der Waals surface area contributed by atoms with Gasteiger partial charge in [0, 0.05) is 37.0 Å². The van der Waals surface area contributed by atoms with Crippen molar-refractivity contribution in [3.63, 3.8) is 0 Å². The molecule has 156 valence electrons. The first-order valence-electron chi connectivity index (χ1n) is 10.2. The number of hydrogen-bond acceptors (Lipinski definition) is 3. The second kappa shape index (κ2) is 6.39. The molecule has 2 fully saturated rings. The predicted molar refractivity (Wildman–Crippen MR) is 100 cm³/mol. The maximum Gasteiger partial charge on any atom is 0.410 e. The first kappa shape index (κ1) is 19.6. The van der Waals surface area contributed by atoms with Crippen molar-refractivity contribution in [2.75, 3.05) is 18.4 Å². The molecule has 4 rings (SSSR count). The average molecular weight is 398 g/mol. The Hall–Kier alpha value is -1.73. The maximum atomic E-state index is 13.7. The number of carbonyl (C=O) groups excluding carboxylic acids is 1. The molecule has 28 heavy (non-hydrogen) atoms. The van der Waals surface area contributed by atoms with E-state index in [1.54, 1.807) is 6.07 Å². The van der Waals surface area contributed by atoms with E-state index in [9.17, 15) is 18.0 Å². The maximum absolute atomic E-state index is 13.7. The number of fused-ring (bicyclic) bond motifs is 1. The molecular formula is C20H29F3N4O. The molecule has 8 heteroatoms. The van der Waals surface area contributed by atoms with E-state index in [-0.39, 0.29) is 35.6 Å². The van der Waals surface area contributed by atoms with E-state index in [2.05, 4.69) is 17.3 Å². The lowest BCUT2D eigenvalue weighted by molar-refractivity contribution is -0.175. The molecule has 0 aromatic carbocycles. The molecule has 2 aliphatic heterocycles. The lowest BCUT2D eigenvalue weighted by atomic mass is 9.82. The van der Waals surface area contributed by atoms with Gasteiger partial charge >= 0.3 is 6.18 Å². The van der Waals surface area contributed by atoms with Crippen LogP contribution < -0.4 is 5.32 Å². The zero-order valence-electron chi connectivity index (χ0n) is 16.9. The molecule has 0 radical (unpaired) electrons. The van der Waals surface area contributed by atoms with E-state index in [0.29, 0.717) is 30.5 Å². The van der Waals surface area contributed by atoms with Crippen LogP contribution in [-0.2, 0) is 4.79 Å². The number of rotatable bonds is 2. The molecule has 1 saturated carbocycles. The smallest absolute Gasteiger partial charge is 0.367 e. The Morgan fingerprint density at radius 3 is 2.50 bits per heavy atom. The van der Waals surface area contributed by atoms with Gasteiger partial charge in [-0.3, -0.25) is 4.79 Å². The Morgan fingerprint density at radius 2 is 1.93 bits per heavy atom. The second-order valence-corrected chi connectivity index (χ2v) is 9.84. The lowest BCUT2D eigenvalue weighted by Crippen LogP contribution is -2.44. The molecule has 1 aliphatic carbocycles. The molecular weight excluding hydrogens is 369 g/mol. The third-order valence-electron chi connectivity index (χ3n) is 6.60. The molecule has 0 spiro atoms. The molecule has 3 heterocycles. The number of nitrogens with one attached hydrogen (secondary N) is 1. The first-order chi connectivity index (χ1) is 12.9. The van der Waals surface area contributed by atoms with Crippen molar-refractivity contribution < 1.29 is 18.0 Å². The van der Waals surface area contributed by atoms with Crippen LogP contribution in [0.1, 0.15) is 64.6 Å². The first-order valence-corrected chi connectivity index (χ1v) is 10.2. The number of likely N-dealkylation sites (tertiary alicyclic amines) is 1. The second-order valence-electron chi connectivity index (χ2n) is 9.84. The van der Waals surface area contributed by atoms with E-state index >= 15 is 0 Å². The minimum atomic E-state index is -4.34. The molecule has 1 saturated heterocycles. The minimum absolute atomic E-state index is 0.000114. The summed E-state index contributed by atoms with van der Waals surface area (Å²) < 4.78 is 42.3. The van der Waals surface area contributed by atoms with Crippen molar-refractivity contribution in [3.05, 3.63) is 11.8 Å². The Labute approximate surface area is 163 Å². The number of hydrogen-bond donors (Lipinski definition) is 1. The number of aromatic nitrogens is 2. The van der Waals surface area contributed by atoms with Gasteiger partial charge in [0.1, 0.15) is 5.82 Å².